The van der Waals surface area contributed by atoms with Crippen molar-refractivity contribution in [2.45, 2.75) is 84.1 Å². The topological polar surface area (TPSA) is 72.5 Å². The predicted octanol–water partition coefficient (Wildman–Crippen LogP) is 5.86. The number of Topliss-reactive ketones (excluding diaryl/α,β-unsaturated/α-hetero) is 1. The lowest BCUT2D eigenvalue weighted by molar-refractivity contribution is -0.209. The van der Waals surface area contributed by atoms with E-state index in [9.17, 15) is 4.79 Å². The van der Waals surface area contributed by atoms with Gasteiger partial charge in [-0.3, -0.25) is 4.79 Å². The van der Waals surface area contributed by atoms with Crippen molar-refractivity contribution in [3.8, 4) is 5.75 Å². The van der Waals surface area contributed by atoms with Gasteiger partial charge in [-0.15, -0.1) is 6.58 Å². The summed E-state index contributed by atoms with van der Waals surface area (Å²) in [6, 6.07) is 7.79. The number of ether oxygens (including phenoxy) is 6. The molecule has 2 aliphatic carbocycles. The lowest BCUT2D eigenvalue weighted by Crippen LogP contribution is -2.56. The van der Waals surface area contributed by atoms with Gasteiger partial charge in [0.15, 0.2) is 11.6 Å². The average molecular weight is 543 g/mol. The molecule has 4 rings (SSSR count). The molecule has 2 fully saturated rings. The second-order valence-corrected chi connectivity index (χ2v) is 12.2. The van der Waals surface area contributed by atoms with Gasteiger partial charge in [0.25, 0.3) is 0 Å². The van der Waals surface area contributed by atoms with Gasteiger partial charge in [-0.1, -0.05) is 50.6 Å². The first-order chi connectivity index (χ1) is 18.5. The normalized spacial score (nSPS) is 33.9. The van der Waals surface area contributed by atoms with Crippen molar-refractivity contribution in [3.05, 3.63) is 54.1 Å². The van der Waals surface area contributed by atoms with Gasteiger partial charge in [0.2, 0.25) is 0 Å². The summed E-state index contributed by atoms with van der Waals surface area (Å²) in [6.07, 6.45) is 5.61. The molecule has 0 N–H and O–H groups in total. The molecule has 3 aliphatic rings. The predicted molar refractivity (Wildman–Crippen MR) is 149 cm³/mol. The number of benzene rings is 1. The SMILES string of the molecule is C=C[C@@H](OCc1ccc(OC)cc1)[C@]1([C@H]2C/C=C3\CC[C@@H]([C@@H](OCOC)C(=O)[C@H]2C)C3(C)C)COC(C)(C)O1. The second kappa shape index (κ2) is 11.8. The molecule has 0 spiro atoms. The Balaban J connectivity index is 1.71. The number of hydrogen-bond acceptors (Lipinski definition) is 7. The summed E-state index contributed by atoms with van der Waals surface area (Å²) in [5.41, 5.74) is 1.31. The van der Waals surface area contributed by atoms with Crippen molar-refractivity contribution in [1.82, 2.24) is 0 Å². The van der Waals surface area contributed by atoms with Crippen molar-refractivity contribution < 1.29 is 33.2 Å². The highest BCUT2D eigenvalue weighted by molar-refractivity contribution is 5.86. The molecule has 1 aromatic rings. The maximum Gasteiger partial charge on any atom is 0.165 e. The summed E-state index contributed by atoms with van der Waals surface area (Å²) in [5.74, 6) is -0.466. The minimum Gasteiger partial charge on any atom is -0.497 e. The van der Waals surface area contributed by atoms with Crippen molar-refractivity contribution in [3.63, 3.8) is 0 Å². The molecule has 1 aliphatic heterocycles. The van der Waals surface area contributed by atoms with Crippen LogP contribution in [-0.2, 0) is 35.1 Å². The van der Waals surface area contributed by atoms with E-state index in [1.54, 1.807) is 20.3 Å². The maximum atomic E-state index is 14.3. The number of carbonyl (C=O) groups is 1. The Morgan fingerprint density at radius 1 is 1.13 bits per heavy atom. The van der Waals surface area contributed by atoms with Gasteiger partial charge in [-0.2, -0.15) is 0 Å². The molecule has 39 heavy (non-hydrogen) atoms. The zero-order valence-electron chi connectivity index (χ0n) is 24.7. The molecular formula is C32H46O7. The molecule has 2 bridgehead atoms. The Labute approximate surface area is 233 Å². The first-order valence-corrected chi connectivity index (χ1v) is 14.0. The van der Waals surface area contributed by atoms with Crippen molar-refractivity contribution >= 4 is 5.78 Å². The number of rotatable bonds is 10. The molecule has 0 unspecified atom stereocenters. The lowest BCUT2D eigenvalue weighted by atomic mass is 9.70. The van der Waals surface area contributed by atoms with E-state index in [2.05, 4.69) is 26.5 Å². The van der Waals surface area contributed by atoms with E-state index in [1.165, 1.54) is 5.57 Å². The van der Waals surface area contributed by atoms with Crippen LogP contribution >= 0.6 is 0 Å². The molecule has 0 aromatic heterocycles. The van der Waals surface area contributed by atoms with Gasteiger partial charge in [0.1, 0.15) is 30.4 Å². The van der Waals surface area contributed by atoms with Crippen LogP contribution in [0.2, 0.25) is 0 Å². The molecular weight excluding hydrogens is 496 g/mol. The smallest absolute Gasteiger partial charge is 0.165 e. The van der Waals surface area contributed by atoms with E-state index in [0.717, 1.165) is 24.2 Å². The van der Waals surface area contributed by atoms with Crippen LogP contribution in [0.1, 0.15) is 59.4 Å². The molecule has 0 amide bonds. The summed E-state index contributed by atoms with van der Waals surface area (Å²) in [7, 11) is 3.24. The molecule has 7 heteroatoms. The maximum absolute atomic E-state index is 14.3. The van der Waals surface area contributed by atoms with Gasteiger partial charge in [-0.05, 0) is 56.2 Å². The number of hydrogen-bond donors (Lipinski definition) is 0. The van der Waals surface area contributed by atoms with Crippen LogP contribution in [0.15, 0.2) is 48.6 Å². The molecule has 6 atom stereocenters. The van der Waals surface area contributed by atoms with Crippen molar-refractivity contribution in [1.29, 1.82) is 0 Å². The van der Waals surface area contributed by atoms with Crippen LogP contribution in [-0.4, -0.2) is 57.0 Å². The van der Waals surface area contributed by atoms with Crippen LogP contribution in [0.4, 0.5) is 0 Å². The van der Waals surface area contributed by atoms with E-state index in [-0.39, 0.29) is 35.7 Å². The average Bonchev–Trinajstić information content (AvgIpc) is 3.40. The quantitative estimate of drug-likeness (QED) is 0.271. The molecule has 1 aromatic carbocycles. The van der Waals surface area contributed by atoms with Gasteiger partial charge >= 0.3 is 0 Å². The van der Waals surface area contributed by atoms with E-state index in [4.69, 9.17) is 28.4 Å². The first kappa shape index (κ1) is 29.9. The third-order valence-electron chi connectivity index (χ3n) is 9.15. The highest BCUT2D eigenvalue weighted by Gasteiger charge is 2.59. The zero-order chi connectivity index (χ0) is 28.4. The van der Waals surface area contributed by atoms with Gasteiger partial charge in [-0.25, -0.2) is 0 Å². The first-order valence-electron chi connectivity index (χ1n) is 14.0. The Kier molecular flexibility index (Phi) is 9.08. The summed E-state index contributed by atoms with van der Waals surface area (Å²) in [6.45, 7) is 15.2. The molecule has 1 heterocycles. The number of allylic oxidation sites excluding steroid dienone is 2. The van der Waals surface area contributed by atoms with Gasteiger partial charge < -0.3 is 28.4 Å². The van der Waals surface area contributed by atoms with Crippen LogP contribution in [0, 0.1) is 23.2 Å². The molecule has 1 saturated carbocycles. The van der Waals surface area contributed by atoms with Crippen molar-refractivity contribution in [2.24, 2.45) is 23.2 Å². The fraction of sp³-hybridized carbons (Fsp3) is 0.656. The van der Waals surface area contributed by atoms with E-state index < -0.39 is 23.6 Å². The Morgan fingerprint density at radius 2 is 1.85 bits per heavy atom. The monoisotopic (exact) mass is 542 g/mol. The number of methoxy groups -OCH3 is 2. The Bertz CT molecular complexity index is 1040. The summed E-state index contributed by atoms with van der Waals surface area (Å²) in [4.78, 5) is 14.3. The minimum absolute atomic E-state index is 0.0808. The van der Waals surface area contributed by atoms with E-state index in [1.807, 2.05) is 45.0 Å². The fourth-order valence-electron chi connectivity index (χ4n) is 6.87. The summed E-state index contributed by atoms with van der Waals surface area (Å²) >= 11 is 0. The number of fused-ring (bicyclic) bond motifs is 2. The lowest BCUT2D eigenvalue weighted by Gasteiger charge is -2.44. The zero-order valence-corrected chi connectivity index (χ0v) is 24.7. The van der Waals surface area contributed by atoms with Gasteiger partial charge in [0.05, 0.1) is 20.3 Å². The van der Waals surface area contributed by atoms with E-state index in [0.29, 0.717) is 19.6 Å². The van der Waals surface area contributed by atoms with Crippen LogP contribution in [0.3, 0.4) is 0 Å². The third-order valence-corrected chi connectivity index (χ3v) is 9.15. The number of ketones is 1. The van der Waals surface area contributed by atoms with E-state index >= 15 is 0 Å². The van der Waals surface area contributed by atoms with Crippen molar-refractivity contribution in [2.75, 3.05) is 27.6 Å². The fourth-order valence-corrected chi connectivity index (χ4v) is 6.87. The Morgan fingerprint density at radius 3 is 2.44 bits per heavy atom. The highest BCUT2D eigenvalue weighted by Crippen LogP contribution is 2.53. The molecule has 216 valence electrons. The summed E-state index contributed by atoms with van der Waals surface area (Å²) in [5, 5.41) is 0. The van der Waals surface area contributed by atoms with Crippen LogP contribution < -0.4 is 4.74 Å². The largest absolute Gasteiger partial charge is 0.497 e. The standard InChI is InChI=1S/C32H46O7/c1-9-27(36-18-22-10-14-24(35-8)15-11-22)32(19-38-31(5,6)39-32)25-16-12-23-13-17-26(30(23,3)4)29(37-20-34-7)28(33)21(25)2/h9-12,14-15,21,25-27,29H,1,13,16-20H2,2-8H3/b23-12+/t21-,25-,26-,27+,29+,32+/m0/s1. The second-order valence-electron chi connectivity index (χ2n) is 12.2. The third kappa shape index (κ3) is 5.89. The Hall–Kier alpha value is -2.03. The molecule has 7 nitrogen and oxygen atoms in total. The van der Waals surface area contributed by atoms with Crippen LogP contribution in [0.25, 0.3) is 0 Å². The van der Waals surface area contributed by atoms with Crippen LogP contribution in [0.5, 0.6) is 5.75 Å². The minimum atomic E-state index is -0.913. The summed E-state index contributed by atoms with van der Waals surface area (Å²) < 4.78 is 36.2. The molecule has 0 radical (unpaired) electrons. The number of carbonyl (C=O) groups excluding carboxylic acids is 1. The highest BCUT2D eigenvalue weighted by atomic mass is 16.8. The van der Waals surface area contributed by atoms with Gasteiger partial charge in [0, 0.05) is 24.9 Å². The molecule has 1 saturated heterocycles.